The Balaban J connectivity index is 2.17. The molecule has 2 aliphatic rings. The Morgan fingerprint density at radius 1 is 1.40 bits per heavy atom. The second-order valence-electron chi connectivity index (χ2n) is 4.78. The first-order valence-corrected chi connectivity index (χ1v) is 6.15. The van der Waals surface area contributed by atoms with Crippen molar-refractivity contribution in [1.82, 2.24) is 0 Å². The molecular weight excluding hydrogens is 188 g/mol. The summed E-state index contributed by atoms with van der Waals surface area (Å²) in [5.41, 5.74) is 1.01. The number of carbonyl (C=O) groups excluding carboxylic acids is 1. The van der Waals surface area contributed by atoms with E-state index in [1.165, 1.54) is 0 Å². The van der Waals surface area contributed by atoms with Gasteiger partial charge in [0.1, 0.15) is 5.76 Å². The molecule has 0 saturated carbocycles. The lowest BCUT2D eigenvalue weighted by Crippen LogP contribution is -2.29. The van der Waals surface area contributed by atoms with E-state index >= 15 is 0 Å². The van der Waals surface area contributed by atoms with E-state index in [1.807, 2.05) is 0 Å². The largest absolute Gasteiger partial charge is 0.494 e. The van der Waals surface area contributed by atoms with Crippen LogP contribution in [0.4, 0.5) is 0 Å². The molecule has 0 aromatic rings. The minimum atomic E-state index is 0.332. The average molecular weight is 208 g/mol. The van der Waals surface area contributed by atoms with Gasteiger partial charge in [-0.1, -0.05) is 20.3 Å². The van der Waals surface area contributed by atoms with Gasteiger partial charge in [0.25, 0.3) is 0 Å². The molecule has 0 unspecified atom stereocenters. The van der Waals surface area contributed by atoms with E-state index in [9.17, 15) is 4.79 Å². The molecule has 2 heteroatoms. The van der Waals surface area contributed by atoms with Crippen LogP contribution in [-0.2, 0) is 9.53 Å². The van der Waals surface area contributed by atoms with E-state index in [1.54, 1.807) is 0 Å². The van der Waals surface area contributed by atoms with Crippen LogP contribution in [-0.4, -0.2) is 11.9 Å². The van der Waals surface area contributed by atoms with Crippen LogP contribution in [0.3, 0.4) is 0 Å². The van der Waals surface area contributed by atoms with E-state index in [0.717, 1.165) is 49.9 Å². The topological polar surface area (TPSA) is 26.3 Å². The van der Waals surface area contributed by atoms with Crippen LogP contribution in [0.5, 0.6) is 0 Å². The molecule has 0 N–H and O–H groups in total. The summed E-state index contributed by atoms with van der Waals surface area (Å²) < 4.78 is 5.93. The fourth-order valence-corrected chi connectivity index (χ4v) is 2.77. The summed E-state index contributed by atoms with van der Waals surface area (Å²) in [6, 6.07) is 0. The van der Waals surface area contributed by atoms with E-state index in [4.69, 9.17) is 4.74 Å². The molecule has 0 aromatic heterocycles. The summed E-state index contributed by atoms with van der Waals surface area (Å²) in [5.74, 6) is 1.76. The maximum atomic E-state index is 11.8. The van der Waals surface area contributed by atoms with Gasteiger partial charge in [0.05, 0.1) is 6.10 Å². The van der Waals surface area contributed by atoms with E-state index in [2.05, 4.69) is 13.8 Å². The summed E-state index contributed by atoms with van der Waals surface area (Å²) in [7, 11) is 0. The smallest absolute Gasteiger partial charge is 0.162 e. The van der Waals surface area contributed by atoms with Crippen LogP contribution in [0.2, 0.25) is 0 Å². The highest BCUT2D eigenvalue weighted by molar-refractivity contribution is 5.97. The minimum Gasteiger partial charge on any atom is -0.494 e. The molecule has 84 valence electrons. The quantitative estimate of drug-likeness (QED) is 0.696. The van der Waals surface area contributed by atoms with Crippen LogP contribution in [0.1, 0.15) is 52.4 Å². The van der Waals surface area contributed by atoms with Crippen molar-refractivity contribution in [1.29, 1.82) is 0 Å². The first-order chi connectivity index (χ1) is 7.22. The molecular formula is C13H20O2. The standard InChI is InChI=1S/C13H20O2/c1-3-5-10-8-9(2)13-11(14)6-4-7-12(13)15-10/h9-10H,3-8H2,1-2H3/t9-,10-/m0/s1. The zero-order valence-electron chi connectivity index (χ0n) is 9.71. The third-order valence-corrected chi connectivity index (χ3v) is 3.44. The van der Waals surface area contributed by atoms with Crippen molar-refractivity contribution in [3.8, 4) is 0 Å². The molecule has 2 rings (SSSR count). The number of hydrogen-bond acceptors (Lipinski definition) is 2. The summed E-state index contributed by atoms with van der Waals surface area (Å²) in [6.45, 7) is 4.35. The van der Waals surface area contributed by atoms with Crippen LogP contribution in [0.25, 0.3) is 0 Å². The molecule has 1 heterocycles. The Kier molecular flexibility index (Phi) is 3.13. The number of ether oxygens (including phenoxy) is 1. The van der Waals surface area contributed by atoms with Gasteiger partial charge in [-0.05, 0) is 25.2 Å². The second kappa shape index (κ2) is 4.38. The Morgan fingerprint density at radius 2 is 2.20 bits per heavy atom. The molecule has 0 saturated heterocycles. The molecule has 1 aliphatic carbocycles. The van der Waals surface area contributed by atoms with Gasteiger partial charge in [-0.2, -0.15) is 0 Å². The Bertz CT molecular complexity index is 291. The van der Waals surface area contributed by atoms with Gasteiger partial charge >= 0.3 is 0 Å². The Hall–Kier alpha value is -0.790. The summed E-state index contributed by atoms with van der Waals surface area (Å²) in [4.78, 5) is 11.8. The number of allylic oxidation sites excluding steroid dienone is 2. The molecule has 2 atom stereocenters. The van der Waals surface area contributed by atoms with Crippen LogP contribution in [0.15, 0.2) is 11.3 Å². The molecule has 0 aromatic carbocycles. The van der Waals surface area contributed by atoms with Crippen molar-refractivity contribution in [3.63, 3.8) is 0 Å². The van der Waals surface area contributed by atoms with Crippen molar-refractivity contribution in [2.24, 2.45) is 5.92 Å². The highest BCUT2D eigenvalue weighted by Crippen LogP contribution is 2.37. The Morgan fingerprint density at radius 3 is 2.93 bits per heavy atom. The predicted octanol–water partition coefficient (Wildman–Crippen LogP) is 3.22. The molecule has 1 aliphatic heterocycles. The third kappa shape index (κ3) is 2.09. The van der Waals surface area contributed by atoms with Gasteiger partial charge in [0, 0.05) is 18.4 Å². The first-order valence-electron chi connectivity index (χ1n) is 6.15. The highest BCUT2D eigenvalue weighted by atomic mass is 16.5. The van der Waals surface area contributed by atoms with E-state index in [-0.39, 0.29) is 0 Å². The van der Waals surface area contributed by atoms with Crippen molar-refractivity contribution in [3.05, 3.63) is 11.3 Å². The van der Waals surface area contributed by atoms with Crippen molar-refractivity contribution < 1.29 is 9.53 Å². The van der Waals surface area contributed by atoms with Crippen LogP contribution in [0, 0.1) is 5.92 Å². The normalized spacial score (nSPS) is 31.2. The van der Waals surface area contributed by atoms with Crippen molar-refractivity contribution >= 4 is 5.78 Å². The zero-order valence-corrected chi connectivity index (χ0v) is 9.71. The first kappa shape index (κ1) is 10.7. The number of hydrogen-bond donors (Lipinski definition) is 0. The monoisotopic (exact) mass is 208 g/mol. The number of ketones is 1. The predicted molar refractivity (Wildman–Crippen MR) is 59.4 cm³/mol. The van der Waals surface area contributed by atoms with Gasteiger partial charge in [0.2, 0.25) is 0 Å². The minimum absolute atomic E-state index is 0.332. The van der Waals surface area contributed by atoms with Crippen LogP contribution >= 0.6 is 0 Å². The maximum Gasteiger partial charge on any atom is 0.162 e. The number of carbonyl (C=O) groups is 1. The lowest BCUT2D eigenvalue weighted by Gasteiger charge is -2.34. The SMILES string of the molecule is CCC[C@H]1C[C@H](C)C2=C(CCCC2=O)O1. The zero-order chi connectivity index (χ0) is 10.8. The van der Waals surface area contributed by atoms with Crippen molar-refractivity contribution in [2.75, 3.05) is 0 Å². The molecule has 0 bridgehead atoms. The van der Waals surface area contributed by atoms with Gasteiger partial charge in [-0.25, -0.2) is 0 Å². The summed E-state index contributed by atoms with van der Waals surface area (Å²) in [6.07, 6.45) is 6.34. The van der Waals surface area contributed by atoms with Gasteiger partial charge < -0.3 is 4.74 Å². The van der Waals surface area contributed by atoms with Gasteiger partial charge in [-0.15, -0.1) is 0 Å². The van der Waals surface area contributed by atoms with Gasteiger partial charge in [0.15, 0.2) is 5.78 Å². The number of rotatable bonds is 2. The molecule has 15 heavy (non-hydrogen) atoms. The summed E-state index contributed by atoms with van der Waals surface area (Å²) in [5, 5.41) is 0. The average Bonchev–Trinajstić information content (AvgIpc) is 2.17. The maximum absolute atomic E-state index is 11.8. The summed E-state index contributed by atoms with van der Waals surface area (Å²) >= 11 is 0. The Labute approximate surface area is 91.7 Å². The third-order valence-electron chi connectivity index (χ3n) is 3.44. The molecule has 0 radical (unpaired) electrons. The van der Waals surface area contributed by atoms with Gasteiger partial charge in [-0.3, -0.25) is 4.79 Å². The lowest BCUT2D eigenvalue weighted by molar-refractivity contribution is -0.118. The van der Waals surface area contributed by atoms with Crippen molar-refractivity contribution in [2.45, 2.75) is 58.5 Å². The van der Waals surface area contributed by atoms with E-state index in [0.29, 0.717) is 17.8 Å². The fraction of sp³-hybridized carbons (Fsp3) is 0.769. The second-order valence-corrected chi connectivity index (χ2v) is 4.78. The van der Waals surface area contributed by atoms with Crippen LogP contribution < -0.4 is 0 Å². The highest BCUT2D eigenvalue weighted by Gasteiger charge is 2.33. The molecule has 0 spiro atoms. The molecule has 0 fully saturated rings. The lowest BCUT2D eigenvalue weighted by atomic mass is 9.82. The fourth-order valence-electron chi connectivity index (χ4n) is 2.77. The van der Waals surface area contributed by atoms with E-state index < -0.39 is 0 Å². The molecule has 2 nitrogen and oxygen atoms in total. The number of Topliss-reactive ketones (excluding diaryl/α,β-unsaturated/α-hetero) is 1. The molecule has 0 amide bonds.